The third kappa shape index (κ3) is 3.31. The molecule has 1 heterocycles. The number of nitrogens with one attached hydrogen (secondary N) is 1. The first-order chi connectivity index (χ1) is 10.5. The topological polar surface area (TPSA) is 24.9 Å². The summed E-state index contributed by atoms with van der Waals surface area (Å²) in [6.07, 6.45) is 5.89. The van der Waals surface area contributed by atoms with Gasteiger partial charge in [-0.2, -0.15) is 0 Å². The van der Waals surface area contributed by atoms with Crippen molar-refractivity contribution >= 4 is 42.6 Å². The fraction of sp³-hybridized carbons (Fsp3) is 0.235. The molecule has 0 fully saturated rings. The molecule has 0 aliphatic heterocycles. The number of allylic oxidation sites excluding steroid dienone is 5. The van der Waals surface area contributed by atoms with Crippen molar-refractivity contribution in [1.29, 1.82) is 0 Å². The zero-order chi connectivity index (χ0) is 15.7. The second-order valence-corrected chi connectivity index (χ2v) is 7.41. The quantitative estimate of drug-likeness (QED) is 0.682. The Balaban J connectivity index is 1.88. The molecule has 2 nitrogen and oxygen atoms in total. The van der Waals surface area contributed by atoms with Crippen LogP contribution in [0.25, 0.3) is 10.2 Å². The molecule has 1 aliphatic rings. The summed E-state index contributed by atoms with van der Waals surface area (Å²) >= 11 is 4.86. The molecule has 0 amide bonds. The van der Waals surface area contributed by atoms with E-state index in [1.165, 1.54) is 11.6 Å². The largest absolute Gasteiger partial charge is 0.329 e. The molecule has 114 valence electrons. The normalized spacial score (nSPS) is 15.4. The van der Waals surface area contributed by atoms with Crippen molar-refractivity contribution < 1.29 is 4.39 Å². The number of anilines is 1. The van der Waals surface area contributed by atoms with E-state index >= 15 is 0 Å². The van der Waals surface area contributed by atoms with Crippen LogP contribution in [-0.4, -0.2) is 4.98 Å². The number of hydrogen-bond donors (Lipinski definition) is 1. The molecule has 0 radical (unpaired) electrons. The van der Waals surface area contributed by atoms with Crippen LogP contribution in [0.15, 0.2) is 52.4 Å². The maximum absolute atomic E-state index is 14.1. The van der Waals surface area contributed by atoms with Crippen LogP contribution in [-0.2, 0) is 0 Å². The molecular weight excluding hydrogens is 363 g/mol. The Morgan fingerprint density at radius 1 is 1.32 bits per heavy atom. The molecule has 1 aromatic heterocycles. The van der Waals surface area contributed by atoms with E-state index in [1.54, 1.807) is 11.3 Å². The Kier molecular flexibility index (Phi) is 4.45. The van der Waals surface area contributed by atoms with Crippen molar-refractivity contribution in [2.75, 3.05) is 5.32 Å². The van der Waals surface area contributed by atoms with E-state index < -0.39 is 0 Å². The SMILES string of the molecule is CC(C)c1ccc2nc(NC3=CCC=C(Br)C=C3F)sc2c1. The monoisotopic (exact) mass is 378 g/mol. The summed E-state index contributed by atoms with van der Waals surface area (Å²) in [4.78, 5) is 4.54. The van der Waals surface area contributed by atoms with Crippen LogP contribution >= 0.6 is 27.3 Å². The van der Waals surface area contributed by atoms with E-state index in [1.807, 2.05) is 18.2 Å². The lowest BCUT2D eigenvalue weighted by molar-refractivity contribution is 0.653. The summed E-state index contributed by atoms with van der Waals surface area (Å²) in [5, 5.41) is 3.81. The minimum Gasteiger partial charge on any atom is -0.329 e. The van der Waals surface area contributed by atoms with E-state index in [0.717, 1.165) is 14.7 Å². The molecule has 2 aromatic rings. The van der Waals surface area contributed by atoms with Gasteiger partial charge in [0.25, 0.3) is 0 Å². The van der Waals surface area contributed by atoms with Crippen molar-refractivity contribution in [3.8, 4) is 0 Å². The van der Waals surface area contributed by atoms with E-state index in [4.69, 9.17) is 0 Å². The lowest BCUT2D eigenvalue weighted by Crippen LogP contribution is -1.99. The number of halogens is 2. The third-order valence-electron chi connectivity index (χ3n) is 3.48. The van der Waals surface area contributed by atoms with Crippen molar-refractivity contribution in [1.82, 2.24) is 4.98 Å². The predicted molar refractivity (Wildman–Crippen MR) is 96.2 cm³/mol. The van der Waals surface area contributed by atoms with Crippen LogP contribution in [0.5, 0.6) is 0 Å². The first kappa shape index (κ1) is 15.4. The minimum absolute atomic E-state index is 0.289. The molecular formula is C17H16BrFN2S. The van der Waals surface area contributed by atoms with Gasteiger partial charge in [0, 0.05) is 4.48 Å². The Labute approximate surface area is 141 Å². The predicted octanol–water partition coefficient (Wildman–Crippen LogP) is 6.25. The lowest BCUT2D eigenvalue weighted by atomic mass is 10.0. The van der Waals surface area contributed by atoms with Gasteiger partial charge in [-0.3, -0.25) is 0 Å². The number of nitrogens with zero attached hydrogens (tertiary/aromatic N) is 1. The molecule has 1 aromatic carbocycles. The Morgan fingerprint density at radius 2 is 2.14 bits per heavy atom. The highest BCUT2D eigenvalue weighted by atomic mass is 79.9. The Hall–Kier alpha value is -1.46. The highest BCUT2D eigenvalue weighted by Gasteiger charge is 2.11. The summed E-state index contributed by atoms with van der Waals surface area (Å²) in [7, 11) is 0. The molecule has 1 aliphatic carbocycles. The summed E-state index contributed by atoms with van der Waals surface area (Å²) in [5.41, 5.74) is 2.69. The van der Waals surface area contributed by atoms with Gasteiger partial charge in [0.15, 0.2) is 5.13 Å². The summed E-state index contributed by atoms with van der Waals surface area (Å²) in [6, 6.07) is 6.29. The van der Waals surface area contributed by atoms with Crippen molar-refractivity contribution in [3.63, 3.8) is 0 Å². The van der Waals surface area contributed by atoms with Crippen LogP contribution in [0.1, 0.15) is 31.7 Å². The van der Waals surface area contributed by atoms with Gasteiger partial charge in [-0.25, -0.2) is 9.37 Å². The first-order valence-corrected chi connectivity index (χ1v) is 8.75. The maximum Gasteiger partial charge on any atom is 0.188 e. The number of hydrogen-bond acceptors (Lipinski definition) is 3. The van der Waals surface area contributed by atoms with Gasteiger partial charge in [0.1, 0.15) is 5.83 Å². The minimum atomic E-state index is -0.289. The second kappa shape index (κ2) is 6.34. The van der Waals surface area contributed by atoms with Gasteiger partial charge >= 0.3 is 0 Å². The van der Waals surface area contributed by atoms with Crippen molar-refractivity contribution in [2.45, 2.75) is 26.2 Å². The van der Waals surface area contributed by atoms with Crippen LogP contribution in [0.4, 0.5) is 9.52 Å². The molecule has 0 atom stereocenters. The van der Waals surface area contributed by atoms with E-state index in [-0.39, 0.29) is 5.83 Å². The second-order valence-electron chi connectivity index (χ2n) is 5.46. The van der Waals surface area contributed by atoms with Gasteiger partial charge in [-0.1, -0.05) is 59.3 Å². The van der Waals surface area contributed by atoms with Crippen LogP contribution in [0, 0.1) is 0 Å². The van der Waals surface area contributed by atoms with Gasteiger partial charge < -0.3 is 5.32 Å². The number of aromatic nitrogens is 1. The molecule has 5 heteroatoms. The van der Waals surface area contributed by atoms with E-state index in [2.05, 4.69) is 52.2 Å². The number of fused-ring (bicyclic) bond motifs is 1. The van der Waals surface area contributed by atoms with E-state index in [0.29, 0.717) is 23.2 Å². The molecule has 1 N–H and O–H groups in total. The average Bonchev–Trinajstić information content (AvgIpc) is 2.79. The standard InChI is InChI=1S/C17H16BrFN2S/c1-10(2)11-6-7-15-16(8-11)22-17(21-15)20-14-5-3-4-12(18)9-13(14)19/h4-10H,3H2,1-2H3,(H,20,21). The molecule has 22 heavy (non-hydrogen) atoms. The summed E-state index contributed by atoms with van der Waals surface area (Å²) in [5.74, 6) is 0.194. The first-order valence-electron chi connectivity index (χ1n) is 7.14. The maximum atomic E-state index is 14.1. The smallest absolute Gasteiger partial charge is 0.188 e. The average molecular weight is 379 g/mol. The number of thiazole rings is 1. The molecule has 0 unspecified atom stereocenters. The van der Waals surface area contributed by atoms with Crippen LogP contribution < -0.4 is 5.32 Å². The molecule has 0 bridgehead atoms. The van der Waals surface area contributed by atoms with E-state index in [9.17, 15) is 4.39 Å². The lowest BCUT2D eigenvalue weighted by Gasteiger charge is -2.04. The third-order valence-corrected chi connectivity index (χ3v) is 4.96. The highest BCUT2D eigenvalue weighted by molar-refractivity contribution is 9.11. The Morgan fingerprint density at radius 3 is 2.91 bits per heavy atom. The molecule has 0 saturated heterocycles. The molecule has 0 spiro atoms. The number of benzene rings is 1. The zero-order valence-corrected chi connectivity index (χ0v) is 14.8. The molecule has 0 saturated carbocycles. The van der Waals surface area contributed by atoms with Crippen LogP contribution in [0.2, 0.25) is 0 Å². The highest BCUT2D eigenvalue weighted by Crippen LogP contribution is 2.31. The van der Waals surface area contributed by atoms with Gasteiger partial charge in [-0.15, -0.1) is 0 Å². The number of rotatable bonds is 3. The summed E-state index contributed by atoms with van der Waals surface area (Å²) in [6.45, 7) is 4.34. The van der Waals surface area contributed by atoms with Gasteiger partial charge in [-0.05, 0) is 36.1 Å². The fourth-order valence-electron chi connectivity index (χ4n) is 2.22. The van der Waals surface area contributed by atoms with Gasteiger partial charge in [0.2, 0.25) is 0 Å². The molecule has 3 rings (SSSR count). The fourth-order valence-corrected chi connectivity index (χ4v) is 3.54. The Bertz CT molecular complexity index is 802. The van der Waals surface area contributed by atoms with Gasteiger partial charge in [0.05, 0.1) is 15.9 Å². The van der Waals surface area contributed by atoms with Crippen molar-refractivity contribution in [2.24, 2.45) is 0 Å². The zero-order valence-electron chi connectivity index (χ0n) is 12.4. The van der Waals surface area contributed by atoms with Crippen LogP contribution in [0.3, 0.4) is 0 Å². The van der Waals surface area contributed by atoms with Crippen molar-refractivity contribution in [3.05, 3.63) is 58.0 Å². The summed E-state index contributed by atoms with van der Waals surface area (Å²) < 4.78 is 16.0.